The van der Waals surface area contributed by atoms with E-state index in [0.29, 0.717) is 0 Å². The molecule has 20 heavy (non-hydrogen) atoms. The molecule has 0 spiro atoms. The van der Waals surface area contributed by atoms with E-state index in [4.69, 9.17) is 0 Å². The van der Waals surface area contributed by atoms with Crippen LogP contribution in [-0.2, 0) is 11.2 Å². The Morgan fingerprint density at radius 3 is 2.75 bits per heavy atom. The highest BCUT2D eigenvalue weighted by Gasteiger charge is 2.22. The molecule has 1 atom stereocenters. The van der Waals surface area contributed by atoms with E-state index in [2.05, 4.69) is 29.6 Å². The van der Waals surface area contributed by atoms with Crippen molar-refractivity contribution in [3.63, 3.8) is 0 Å². The van der Waals surface area contributed by atoms with Gasteiger partial charge in [-0.2, -0.15) is 0 Å². The zero-order valence-corrected chi connectivity index (χ0v) is 12.5. The first-order chi connectivity index (χ1) is 9.77. The van der Waals surface area contributed by atoms with E-state index in [1.54, 1.807) is 0 Å². The van der Waals surface area contributed by atoms with Crippen LogP contribution in [0, 0.1) is 0 Å². The van der Waals surface area contributed by atoms with Crippen LogP contribution >= 0.6 is 0 Å². The Balaban J connectivity index is 1.64. The van der Waals surface area contributed by atoms with E-state index in [1.807, 2.05) is 18.0 Å². The number of amides is 1. The van der Waals surface area contributed by atoms with Gasteiger partial charge in [-0.3, -0.25) is 4.79 Å². The normalized spacial score (nSPS) is 18.8. The molecule has 0 saturated carbocycles. The summed E-state index contributed by atoms with van der Waals surface area (Å²) in [5.41, 5.74) is 1.38. The second-order valence-corrected chi connectivity index (χ2v) is 5.70. The van der Waals surface area contributed by atoms with Crippen LogP contribution < -0.4 is 5.32 Å². The molecule has 0 aromatic heterocycles. The molecular weight excluding hydrogens is 248 g/mol. The summed E-state index contributed by atoms with van der Waals surface area (Å²) in [7, 11) is 1.93. The summed E-state index contributed by atoms with van der Waals surface area (Å²) in [6.07, 6.45) is 6.68. The van der Waals surface area contributed by atoms with Crippen LogP contribution in [0.2, 0.25) is 0 Å². The standard InChI is InChI=1S/C17H26N2O/c1-19(17(20)16-12-5-7-13-18-16)14-8-6-11-15-9-3-2-4-10-15/h2-4,9-10,16,18H,5-8,11-14H2,1H3/t16-/m0/s1. The minimum atomic E-state index is 0.0582. The van der Waals surface area contributed by atoms with E-state index in [1.165, 1.54) is 18.4 Å². The van der Waals surface area contributed by atoms with Crippen LogP contribution in [0.3, 0.4) is 0 Å². The molecule has 1 fully saturated rings. The molecule has 3 nitrogen and oxygen atoms in total. The number of piperidine rings is 1. The fourth-order valence-corrected chi connectivity index (χ4v) is 2.76. The van der Waals surface area contributed by atoms with E-state index in [9.17, 15) is 4.79 Å². The van der Waals surface area contributed by atoms with Gasteiger partial charge < -0.3 is 10.2 Å². The van der Waals surface area contributed by atoms with Crippen LogP contribution in [0.5, 0.6) is 0 Å². The van der Waals surface area contributed by atoms with Crippen molar-refractivity contribution >= 4 is 5.91 Å². The zero-order chi connectivity index (χ0) is 14.2. The predicted octanol–water partition coefficient (Wildman–Crippen LogP) is 2.61. The molecule has 1 N–H and O–H groups in total. The van der Waals surface area contributed by atoms with E-state index >= 15 is 0 Å². The molecule has 0 aliphatic carbocycles. The Morgan fingerprint density at radius 1 is 1.25 bits per heavy atom. The summed E-state index contributed by atoms with van der Waals surface area (Å²) in [5.74, 6) is 0.268. The lowest BCUT2D eigenvalue weighted by Gasteiger charge is -2.27. The molecule has 110 valence electrons. The molecule has 0 radical (unpaired) electrons. The number of nitrogens with one attached hydrogen (secondary N) is 1. The maximum atomic E-state index is 12.2. The summed E-state index contributed by atoms with van der Waals surface area (Å²) in [6.45, 7) is 1.85. The third kappa shape index (κ3) is 4.64. The SMILES string of the molecule is CN(CCCCc1ccccc1)C(=O)[C@@H]1CCCCN1. The number of carbonyl (C=O) groups excluding carboxylic acids is 1. The Morgan fingerprint density at radius 2 is 2.05 bits per heavy atom. The maximum absolute atomic E-state index is 12.2. The molecule has 1 amide bonds. The van der Waals surface area contributed by atoms with Gasteiger partial charge >= 0.3 is 0 Å². The number of rotatable bonds is 6. The van der Waals surface area contributed by atoms with Crippen molar-refractivity contribution in [1.82, 2.24) is 10.2 Å². The average Bonchev–Trinajstić information content (AvgIpc) is 2.52. The van der Waals surface area contributed by atoms with E-state index in [-0.39, 0.29) is 11.9 Å². The lowest BCUT2D eigenvalue weighted by molar-refractivity contribution is -0.132. The second-order valence-electron chi connectivity index (χ2n) is 5.70. The van der Waals surface area contributed by atoms with Gasteiger partial charge in [0.15, 0.2) is 0 Å². The monoisotopic (exact) mass is 274 g/mol. The Bertz CT molecular complexity index is 399. The molecular formula is C17H26N2O. The minimum absolute atomic E-state index is 0.0582. The van der Waals surface area contributed by atoms with Crippen LogP contribution in [0.1, 0.15) is 37.7 Å². The minimum Gasteiger partial charge on any atom is -0.344 e. The number of hydrogen-bond donors (Lipinski definition) is 1. The Labute approximate surface area is 122 Å². The number of likely N-dealkylation sites (N-methyl/N-ethyl adjacent to an activating group) is 1. The first-order valence-electron chi connectivity index (χ1n) is 7.79. The zero-order valence-electron chi connectivity index (χ0n) is 12.5. The van der Waals surface area contributed by atoms with E-state index < -0.39 is 0 Å². The fourth-order valence-electron chi connectivity index (χ4n) is 2.76. The van der Waals surface area contributed by atoms with Crippen molar-refractivity contribution < 1.29 is 4.79 Å². The summed E-state index contributed by atoms with van der Waals surface area (Å²) in [4.78, 5) is 14.1. The van der Waals surface area contributed by atoms with Gasteiger partial charge in [0.05, 0.1) is 6.04 Å². The molecule has 1 heterocycles. The fraction of sp³-hybridized carbons (Fsp3) is 0.588. The highest BCUT2D eigenvalue weighted by Crippen LogP contribution is 2.10. The summed E-state index contributed by atoms with van der Waals surface area (Å²) >= 11 is 0. The lowest BCUT2D eigenvalue weighted by Crippen LogP contribution is -2.47. The van der Waals surface area contributed by atoms with Gasteiger partial charge in [0, 0.05) is 13.6 Å². The summed E-state index contributed by atoms with van der Waals surface area (Å²) in [6, 6.07) is 10.6. The maximum Gasteiger partial charge on any atom is 0.239 e. The molecule has 1 aliphatic heterocycles. The molecule has 1 aromatic carbocycles. The third-order valence-electron chi connectivity index (χ3n) is 4.04. The van der Waals surface area contributed by atoms with Crippen LogP contribution in [-0.4, -0.2) is 37.0 Å². The number of nitrogens with zero attached hydrogens (tertiary/aromatic N) is 1. The van der Waals surface area contributed by atoms with Crippen molar-refractivity contribution in [2.75, 3.05) is 20.1 Å². The molecule has 1 aliphatic rings. The van der Waals surface area contributed by atoms with Crippen LogP contribution in [0.25, 0.3) is 0 Å². The quantitative estimate of drug-likeness (QED) is 0.809. The van der Waals surface area contributed by atoms with Crippen molar-refractivity contribution in [3.05, 3.63) is 35.9 Å². The second kappa shape index (κ2) is 8.05. The van der Waals surface area contributed by atoms with Gasteiger partial charge in [0.1, 0.15) is 0 Å². The van der Waals surface area contributed by atoms with Gasteiger partial charge in [-0.1, -0.05) is 36.8 Å². The van der Waals surface area contributed by atoms with Crippen LogP contribution in [0.15, 0.2) is 30.3 Å². The highest BCUT2D eigenvalue weighted by atomic mass is 16.2. The predicted molar refractivity (Wildman–Crippen MR) is 82.7 cm³/mol. The van der Waals surface area contributed by atoms with Gasteiger partial charge in [-0.25, -0.2) is 0 Å². The molecule has 0 bridgehead atoms. The average molecular weight is 274 g/mol. The van der Waals surface area contributed by atoms with Crippen molar-refractivity contribution in [2.45, 2.75) is 44.6 Å². The number of carbonyl (C=O) groups is 1. The van der Waals surface area contributed by atoms with Crippen LogP contribution in [0.4, 0.5) is 0 Å². The lowest BCUT2D eigenvalue weighted by atomic mass is 10.0. The number of hydrogen-bond acceptors (Lipinski definition) is 2. The van der Waals surface area contributed by atoms with Gasteiger partial charge in [-0.05, 0) is 44.2 Å². The van der Waals surface area contributed by atoms with Crippen molar-refractivity contribution in [2.24, 2.45) is 0 Å². The van der Waals surface area contributed by atoms with Crippen molar-refractivity contribution in [3.8, 4) is 0 Å². The van der Waals surface area contributed by atoms with Gasteiger partial charge in [-0.15, -0.1) is 0 Å². The molecule has 2 rings (SSSR count). The summed E-state index contributed by atoms with van der Waals surface area (Å²) < 4.78 is 0. The molecule has 0 unspecified atom stereocenters. The first kappa shape index (κ1) is 15.0. The van der Waals surface area contributed by atoms with E-state index in [0.717, 1.165) is 38.8 Å². The molecule has 1 saturated heterocycles. The largest absolute Gasteiger partial charge is 0.344 e. The Hall–Kier alpha value is -1.35. The molecule has 3 heteroatoms. The number of unbranched alkanes of at least 4 members (excludes halogenated alkanes) is 1. The topological polar surface area (TPSA) is 32.3 Å². The van der Waals surface area contributed by atoms with Gasteiger partial charge in [0.25, 0.3) is 0 Å². The Kier molecular flexibility index (Phi) is 6.06. The van der Waals surface area contributed by atoms with Gasteiger partial charge in [0.2, 0.25) is 5.91 Å². The van der Waals surface area contributed by atoms with Crippen molar-refractivity contribution in [1.29, 1.82) is 0 Å². The summed E-state index contributed by atoms with van der Waals surface area (Å²) in [5, 5.41) is 3.32. The number of aryl methyl sites for hydroxylation is 1. The third-order valence-corrected chi connectivity index (χ3v) is 4.04. The first-order valence-corrected chi connectivity index (χ1v) is 7.79. The smallest absolute Gasteiger partial charge is 0.239 e. The number of benzene rings is 1. The highest BCUT2D eigenvalue weighted by molar-refractivity contribution is 5.81. The molecule has 1 aromatic rings.